The first kappa shape index (κ1) is 16.2. The predicted molar refractivity (Wildman–Crippen MR) is 84.8 cm³/mol. The monoisotopic (exact) mass is 311 g/mol. The molecule has 1 aromatic heterocycles. The van der Waals surface area contributed by atoms with Crippen molar-refractivity contribution in [3.8, 4) is 0 Å². The number of sulfonamides is 1. The molecule has 1 aliphatic rings. The van der Waals surface area contributed by atoms with E-state index >= 15 is 0 Å². The summed E-state index contributed by atoms with van der Waals surface area (Å²) in [5.74, 6) is 1.01. The lowest BCUT2D eigenvalue weighted by molar-refractivity contribution is 0.213. The lowest BCUT2D eigenvalue weighted by Gasteiger charge is -2.35. The maximum atomic E-state index is 12.8. The third kappa shape index (κ3) is 3.55. The van der Waals surface area contributed by atoms with Gasteiger partial charge in [-0.3, -0.25) is 0 Å². The highest BCUT2D eigenvalue weighted by Crippen LogP contribution is 2.30. The zero-order valence-electron chi connectivity index (χ0n) is 13.0. The van der Waals surface area contributed by atoms with E-state index in [-0.39, 0.29) is 6.04 Å². The second-order valence-corrected chi connectivity index (χ2v) is 7.75. The fourth-order valence-corrected chi connectivity index (χ4v) is 4.53. The largest absolute Gasteiger partial charge is 0.370 e. The number of nitrogens with zero attached hydrogens (tertiary/aromatic N) is 2. The second-order valence-electron chi connectivity index (χ2n) is 5.76. The first-order valence-corrected chi connectivity index (χ1v) is 9.08. The molecule has 0 radical (unpaired) electrons. The van der Waals surface area contributed by atoms with Crippen molar-refractivity contribution in [2.24, 2.45) is 5.92 Å². The first-order valence-electron chi connectivity index (χ1n) is 7.64. The highest BCUT2D eigenvalue weighted by molar-refractivity contribution is 7.89. The first-order chi connectivity index (χ1) is 9.96. The number of hydrogen-bond donors (Lipinski definition) is 1. The minimum Gasteiger partial charge on any atom is -0.370 e. The Kier molecular flexibility index (Phi) is 5.22. The average molecular weight is 311 g/mol. The van der Waals surface area contributed by atoms with Gasteiger partial charge in [-0.2, -0.15) is 4.31 Å². The van der Waals surface area contributed by atoms with Crippen LogP contribution in [0.1, 0.15) is 39.5 Å². The van der Waals surface area contributed by atoms with Crippen LogP contribution in [0, 0.1) is 5.92 Å². The van der Waals surface area contributed by atoms with Gasteiger partial charge in [-0.25, -0.2) is 13.4 Å². The fourth-order valence-electron chi connectivity index (χ4n) is 3.03. The van der Waals surface area contributed by atoms with Gasteiger partial charge >= 0.3 is 0 Å². The molecule has 1 fully saturated rings. The van der Waals surface area contributed by atoms with Crippen LogP contribution >= 0.6 is 0 Å². The molecular formula is C15H25N3O2S. The van der Waals surface area contributed by atoms with Crippen LogP contribution < -0.4 is 5.32 Å². The van der Waals surface area contributed by atoms with E-state index in [1.807, 2.05) is 6.92 Å². The fraction of sp³-hybridized carbons (Fsp3) is 0.667. The van der Waals surface area contributed by atoms with Gasteiger partial charge < -0.3 is 5.32 Å². The number of nitrogens with one attached hydrogen (secondary N) is 1. The Morgan fingerprint density at radius 2 is 2.10 bits per heavy atom. The Bertz CT molecular complexity index is 574. The number of anilines is 1. The van der Waals surface area contributed by atoms with Crippen LogP contribution in [0.2, 0.25) is 0 Å². The molecule has 1 heterocycles. The third-order valence-corrected chi connectivity index (χ3v) is 6.18. The van der Waals surface area contributed by atoms with Gasteiger partial charge in [-0.05, 0) is 31.7 Å². The van der Waals surface area contributed by atoms with Gasteiger partial charge in [0.2, 0.25) is 10.0 Å². The zero-order valence-corrected chi connectivity index (χ0v) is 13.9. The van der Waals surface area contributed by atoms with Gasteiger partial charge in [0, 0.05) is 31.9 Å². The minimum absolute atomic E-state index is 0.0968. The molecule has 0 bridgehead atoms. The highest BCUT2D eigenvalue weighted by Gasteiger charge is 2.33. The molecule has 1 N–H and O–H groups in total. The molecule has 5 nitrogen and oxygen atoms in total. The molecule has 2 atom stereocenters. The Morgan fingerprint density at radius 3 is 2.76 bits per heavy atom. The number of aromatic nitrogens is 1. The molecule has 2 rings (SSSR count). The summed E-state index contributed by atoms with van der Waals surface area (Å²) in [5.41, 5.74) is 0. The highest BCUT2D eigenvalue weighted by atomic mass is 32.2. The third-order valence-electron chi connectivity index (χ3n) is 4.30. The lowest BCUT2D eigenvalue weighted by Crippen LogP contribution is -2.42. The summed E-state index contributed by atoms with van der Waals surface area (Å²) >= 11 is 0. The number of hydrogen-bond acceptors (Lipinski definition) is 4. The maximum absolute atomic E-state index is 12.8. The van der Waals surface area contributed by atoms with Crippen molar-refractivity contribution in [3.63, 3.8) is 0 Å². The smallest absolute Gasteiger partial charge is 0.243 e. The number of rotatable bonds is 5. The van der Waals surface area contributed by atoms with E-state index in [1.54, 1.807) is 29.7 Å². The maximum Gasteiger partial charge on any atom is 0.243 e. The van der Waals surface area contributed by atoms with E-state index in [1.165, 1.54) is 6.42 Å². The Hall–Kier alpha value is -1.14. The van der Waals surface area contributed by atoms with E-state index in [0.29, 0.717) is 23.2 Å². The van der Waals surface area contributed by atoms with Crippen molar-refractivity contribution >= 4 is 15.8 Å². The van der Waals surface area contributed by atoms with Gasteiger partial charge in [0.1, 0.15) is 5.82 Å². The van der Waals surface area contributed by atoms with Gasteiger partial charge in [0.15, 0.2) is 0 Å². The molecule has 0 spiro atoms. The van der Waals surface area contributed by atoms with E-state index in [2.05, 4.69) is 17.2 Å². The van der Waals surface area contributed by atoms with Crippen molar-refractivity contribution in [2.45, 2.75) is 50.5 Å². The topological polar surface area (TPSA) is 62.3 Å². The molecule has 1 saturated carbocycles. The van der Waals surface area contributed by atoms with Crippen LogP contribution in [0.15, 0.2) is 23.2 Å². The van der Waals surface area contributed by atoms with Crippen LogP contribution in [0.4, 0.5) is 5.82 Å². The van der Waals surface area contributed by atoms with Crippen LogP contribution in [0.3, 0.4) is 0 Å². The molecule has 0 aliphatic heterocycles. The predicted octanol–water partition coefficient (Wildman–Crippen LogP) is 2.71. The van der Waals surface area contributed by atoms with Crippen LogP contribution in [0.5, 0.6) is 0 Å². The van der Waals surface area contributed by atoms with E-state index in [9.17, 15) is 8.42 Å². The number of pyridine rings is 1. The second kappa shape index (κ2) is 6.75. The average Bonchev–Trinajstić information content (AvgIpc) is 2.48. The van der Waals surface area contributed by atoms with Crippen molar-refractivity contribution in [2.75, 3.05) is 18.9 Å². The molecule has 2 unspecified atom stereocenters. The van der Waals surface area contributed by atoms with Crippen LogP contribution in [0.25, 0.3) is 0 Å². The Morgan fingerprint density at radius 1 is 1.38 bits per heavy atom. The van der Waals surface area contributed by atoms with Crippen molar-refractivity contribution in [1.82, 2.24) is 9.29 Å². The summed E-state index contributed by atoms with van der Waals surface area (Å²) in [4.78, 5) is 4.45. The van der Waals surface area contributed by atoms with Crippen LogP contribution in [-0.2, 0) is 10.0 Å². The molecule has 1 aliphatic carbocycles. The summed E-state index contributed by atoms with van der Waals surface area (Å²) in [6, 6.07) is 3.28. The Labute approximate surface area is 127 Å². The summed E-state index contributed by atoms with van der Waals surface area (Å²) < 4.78 is 27.2. The van der Waals surface area contributed by atoms with Gasteiger partial charge in [-0.1, -0.05) is 19.8 Å². The molecule has 21 heavy (non-hydrogen) atoms. The van der Waals surface area contributed by atoms with Gasteiger partial charge in [0.25, 0.3) is 0 Å². The normalized spacial score (nSPS) is 23.2. The zero-order chi connectivity index (χ0) is 15.5. The lowest BCUT2D eigenvalue weighted by atomic mass is 9.86. The minimum atomic E-state index is -3.46. The van der Waals surface area contributed by atoms with Gasteiger partial charge in [0.05, 0.1) is 4.90 Å². The van der Waals surface area contributed by atoms with Crippen molar-refractivity contribution in [1.29, 1.82) is 0 Å². The SMILES string of the molecule is CCNc1cc(S(=O)(=O)N(C)C2CCCCC2C)ccn1. The summed E-state index contributed by atoms with van der Waals surface area (Å²) in [6.07, 6.45) is 5.90. The summed E-state index contributed by atoms with van der Waals surface area (Å²) in [5, 5.41) is 3.05. The molecule has 0 saturated heterocycles. The molecule has 6 heteroatoms. The van der Waals surface area contributed by atoms with Crippen LogP contribution in [-0.4, -0.2) is 37.3 Å². The summed E-state index contributed by atoms with van der Waals surface area (Å²) in [7, 11) is -1.76. The standard InChI is InChI=1S/C15H25N3O2S/c1-4-16-15-11-13(9-10-17-15)21(19,20)18(3)14-8-6-5-7-12(14)2/h9-12,14H,4-8H2,1-3H3,(H,16,17). The van der Waals surface area contributed by atoms with Crippen molar-refractivity contribution < 1.29 is 8.42 Å². The van der Waals surface area contributed by atoms with E-state index in [0.717, 1.165) is 19.3 Å². The molecule has 118 valence electrons. The molecule has 1 aromatic rings. The quantitative estimate of drug-likeness (QED) is 0.908. The molecule has 0 aromatic carbocycles. The van der Waals surface area contributed by atoms with E-state index in [4.69, 9.17) is 0 Å². The van der Waals surface area contributed by atoms with E-state index < -0.39 is 10.0 Å². The summed E-state index contributed by atoms with van der Waals surface area (Å²) in [6.45, 7) is 4.82. The molecular weight excluding hydrogens is 286 g/mol. The van der Waals surface area contributed by atoms with Crippen molar-refractivity contribution in [3.05, 3.63) is 18.3 Å². The Balaban J connectivity index is 2.26. The molecule has 0 amide bonds. The van der Waals surface area contributed by atoms with Gasteiger partial charge in [-0.15, -0.1) is 0 Å².